The van der Waals surface area contributed by atoms with E-state index in [0.717, 1.165) is 5.69 Å². The summed E-state index contributed by atoms with van der Waals surface area (Å²) in [5.41, 5.74) is 13.1. The minimum absolute atomic E-state index is 0.0388. The van der Waals surface area contributed by atoms with Crippen molar-refractivity contribution in [1.82, 2.24) is 40.5 Å². The van der Waals surface area contributed by atoms with Crippen molar-refractivity contribution >= 4 is 81.6 Å². The van der Waals surface area contributed by atoms with E-state index < -0.39 is 53.3 Å². The summed E-state index contributed by atoms with van der Waals surface area (Å²) >= 11 is 0. The molecule has 26 heteroatoms. The number of fused-ring (bicyclic) bond motifs is 2. The predicted molar refractivity (Wildman–Crippen MR) is 233 cm³/mol. The molecule has 26 nitrogen and oxygen atoms in total. The minimum Gasteiger partial charge on any atom is -0.481 e. The second-order valence-electron chi connectivity index (χ2n) is 14.3. The third-order valence-electron chi connectivity index (χ3n) is 9.62. The van der Waals surface area contributed by atoms with Crippen molar-refractivity contribution in [1.29, 1.82) is 0 Å². The van der Waals surface area contributed by atoms with Crippen LogP contribution in [-0.2, 0) is 25.7 Å². The summed E-state index contributed by atoms with van der Waals surface area (Å²) in [5, 5.41) is 49.8. The number of carboxylic acids is 4. The first-order valence-corrected chi connectivity index (χ1v) is 19.4. The summed E-state index contributed by atoms with van der Waals surface area (Å²) in [6.07, 6.45) is 0.254. The van der Waals surface area contributed by atoms with E-state index in [2.05, 4.69) is 56.5 Å². The molecule has 65 heavy (non-hydrogen) atoms. The van der Waals surface area contributed by atoms with Crippen LogP contribution in [0.4, 0.5) is 34.8 Å². The van der Waals surface area contributed by atoms with Gasteiger partial charge in [-0.25, -0.2) is 19.6 Å². The number of hydrogen-bond acceptors (Lipinski definition) is 18. The van der Waals surface area contributed by atoms with E-state index in [1.807, 2.05) is 4.90 Å². The monoisotopic (exact) mass is 900 g/mol. The highest BCUT2D eigenvalue weighted by Gasteiger charge is 2.27. The first kappa shape index (κ1) is 47.2. The molecule has 0 saturated carbocycles. The molecule has 1 aliphatic heterocycles. The van der Waals surface area contributed by atoms with Crippen molar-refractivity contribution in [2.75, 3.05) is 52.5 Å². The SMILES string of the molecule is CN1c2c(nc(N)[nH]c2=O)NCC1CNc1ccc(C(=O)N[C@@H](CCC(=O)O)C(=O)O)cc1.Nc1nc2ncc(CNc3ccc(C(=O)N[C@@H](CCC(=O)O)C(=O)O)cc3)nc2c(=O)[nH]1. The maximum atomic E-state index is 12.3. The van der Waals surface area contributed by atoms with Gasteiger partial charge >= 0.3 is 23.9 Å². The molecule has 0 aliphatic carbocycles. The first-order valence-electron chi connectivity index (χ1n) is 19.4. The van der Waals surface area contributed by atoms with Gasteiger partial charge in [0.2, 0.25) is 11.9 Å². The Labute approximate surface area is 365 Å². The first-order chi connectivity index (χ1) is 30.9. The molecule has 2 aromatic carbocycles. The number of aromatic nitrogens is 6. The number of aliphatic carboxylic acids is 4. The number of hydrogen-bond donors (Lipinski definition) is 13. The average Bonchev–Trinajstić information content (AvgIpc) is 3.25. The summed E-state index contributed by atoms with van der Waals surface area (Å²) in [7, 11) is 1.79. The highest BCUT2D eigenvalue weighted by Crippen LogP contribution is 2.25. The lowest BCUT2D eigenvalue weighted by Crippen LogP contribution is -2.48. The molecule has 3 atom stereocenters. The minimum atomic E-state index is -1.31. The highest BCUT2D eigenvalue weighted by atomic mass is 16.4. The zero-order chi connectivity index (χ0) is 47.4. The number of nitrogens with one attached hydrogen (secondary N) is 7. The normalized spacial score (nSPS) is 13.7. The average molecular weight is 901 g/mol. The Balaban J connectivity index is 0.000000244. The lowest BCUT2D eigenvalue weighted by atomic mass is 10.1. The Bertz CT molecular complexity index is 2690. The molecule has 1 unspecified atom stereocenters. The van der Waals surface area contributed by atoms with Crippen LogP contribution in [0.15, 0.2) is 64.3 Å². The number of H-pyrrole nitrogens is 2. The van der Waals surface area contributed by atoms with Crippen LogP contribution in [0.3, 0.4) is 0 Å². The van der Waals surface area contributed by atoms with Crippen molar-refractivity contribution in [3.63, 3.8) is 0 Å². The van der Waals surface area contributed by atoms with Crippen LogP contribution >= 0.6 is 0 Å². The number of benzene rings is 2. The number of amides is 2. The second kappa shape index (κ2) is 21.3. The highest BCUT2D eigenvalue weighted by molar-refractivity contribution is 5.97. The van der Waals surface area contributed by atoms with Gasteiger partial charge in [-0.1, -0.05) is 0 Å². The van der Waals surface area contributed by atoms with Crippen LogP contribution in [0.5, 0.6) is 0 Å². The molecule has 3 aromatic heterocycles. The lowest BCUT2D eigenvalue weighted by molar-refractivity contribution is -0.142. The zero-order valence-electron chi connectivity index (χ0n) is 34.3. The van der Waals surface area contributed by atoms with Crippen molar-refractivity contribution in [3.8, 4) is 0 Å². The van der Waals surface area contributed by atoms with Crippen molar-refractivity contribution in [2.45, 2.75) is 50.4 Å². The van der Waals surface area contributed by atoms with Gasteiger partial charge in [0.15, 0.2) is 17.0 Å². The quantitative estimate of drug-likeness (QED) is 0.0537. The van der Waals surface area contributed by atoms with Crippen LogP contribution in [0, 0.1) is 0 Å². The van der Waals surface area contributed by atoms with Gasteiger partial charge in [0, 0.05) is 55.5 Å². The van der Waals surface area contributed by atoms with Gasteiger partial charge in [0.25, 0.3) is 22.9 Å². The molecule has 2 amide bonds. The Hall–Kier alpha value is -8.84. The topological polar surface area (TPSA) is 416 Å². The number of carboxylic acid groups (broad SMARTS) is 4. The molecule has 0 radical (unpaired) electrons. The maximum absolute atomic E-state index is 12.3. The number of aromatic amines is 2. The van der Waals surface area contributed by atoms with E-state index >= 15 is 0 Å². The smallest absolute Gasteiger partial charge is 0.326 e. The van der Waals surface area contributed by atoms with Gasteiger partial charge < -0.3 is 63.4 Å². The Morgan fingerprint density at radius 2 is 1.25 bits per heavy atom. The van der Waals surface area contributed by atoms with E-state index in [9.17, 15) is 43.5 Å². The number of anilines is 6. The number of nitrogens with two attached hydrogens (primary N) is 2. The van der Waals surface area contributed by atoms with Crippen LogP contribution in [0.2, 0.25) is 0 Å². The molecule has 5 aromatic rings. The number of nitrogen functional groups attached to an aromatic ring is 2. The molecular weight excluding hydrogens is 857 g/mol. The molecule has 1 aliphatic rings. The Morgan fingerprint density at radius 1 is 0.738 bits per heavy atom. The standard InChI is InChI=1S/C20H25N7O6.C19H19N7O6/c1-27-12(9-23-16-15(27)18(31)26-20(21)25-16)8-22-11-4-2-10(3-5-11)17(30)24-13(19(32)33)6-7-14(28)29;20-19-25-15-14(17(30)26-19)23-11(8-22-15)7-21-10-3-1-9(2-4-10)16(29)24-12(18(31)32)5-6-13(27)28/h2-5,12-13,22H,6-9H2,1H3,(H,24,30)(H,28,29)(H,32,33)(H4,21,23,25,26,31);1-4,8,12,21H,5-7H2,(H,24,29)(H,27,28)(H,31,32)(H3,20,22,25,26,30)/t12?,13-;12-/m00/s1. The Kier molecular flexibility index (Phi) is 15.5. The zero-order valence-corrected chi connectivity index (χ0v) is 34.3. The summed E-state index contributed by atoms with van der Waals surface area (Å²) in [6.45, 7) is 1.24. The molecular formula is C39H44N14O12. The van der Waals surface area contributed by atoms with Gasteiger partial charge in [-0.2, -0.15) is 9.97 Å². The molecule has 6 rings (SSSR count). The second-order valence-corrected chi connectivity index (χ2v) is 14.3. The number of nitrogens with zero attached hydrogens (tertiary/aromatic N) is 5. The van der Waals surface area contributed by atoms with Crippen LogP contribution in [-0.4, -0.2) is 124 Å². The van der Waals surface area contributed by atoms with E-state index in [4.69, 9.17) is 26.8 Å². The number of carbonyl (C=O) groups is 6. The maximum Gasteiger partial charge on any atom is 0.326 e. The molecule has 0 fully saturated rings. The number of likely N-dealkylation sites (N-methyl/N-ethyl adjacent to an activating group) is 1. The van der Waals surface area contributed by atoms with Crippen LogP contribution in [0.25, 0.3) is 11.2 Å². The summed E-state index contributed by atoms with van der Waals surface area (Å²) in [6, 6.07) is 9.89. The molecule has 15 N–H and O–H groups in total. The van der Waals surface area contributed by atoms with E-state index in [1.165, 1.54) is 30.5 Å². The Morgan fingerprint density at radius 3 is 1.77 bits per heavy atom. The van der Waals surface area contributed by atoms with Gasteiger partial charge in [-0.3, -0.25) is 38.7 Å². The van der Waals surface area contributed by atoms with Crippen molar-refractivity contribution in [3.05, 3.63) is 92.3 Å². The largest absolute Gasteiger partial charge is 0.481 e. The predicted octanol–water partition coefficient (Wildman–Crippen LogP) is -0.302. The van der Waals surface area contributed by atoms with Crippen molar-refractivity contribution < 1.29 is 49.2 Å². The summed E-state index contributed by atoms with van der Waals surface area (Å²) < 4.78 is 0. The fraction of sp³-hybridized carbons (Fsp3) is 0.282. The third-order valence-corrected chi connectivity index (χ3v) is 9.62. The van der Waals surface area contributed by atoms with Crippen molar-refractivity contribution in [2.24, 2.45) is 0 Å². The third kappa shape index (κ3) is 13.1. The fourth-order valence-corrected chi connectivity index (χ4v) is 6.17. The van der Waals surface area contributed by atoms with Gasteiger partial charge in [0.05, 0.1) is 24.5 Å². The van der Waals surface area contributed by atoms with E-state index in [-0.39, 0.29) is 78.0 Å². The fourth-order valence-electron chi connectivity index (χ4n) is 6.17. The van der Waals surface area contributed by atoms with Gasteiger partial charge in [-0.05, 0) is 61.4 Å². The van der Waals surface area contributed by atoms with E-state index in [1.54, 1.807) is 31.3 Å². The summed E-state index contributed by atoms with van der Waals surface area (Å²) in [4.78, 5) is 115. The molecule has 0 bridgehead atoms. The number of carbonyl (C=O) groups excluding carboxylic acids is 2. The van der Waals surface area contributed by atoms with Crippen LogP contribution in [0.1, 0.15) is 52.1 Å². The lowest BCUT2D eigenvalue weighted by Gasteiger charge is -2.35. The van der Waals surface area contributed by atoms with E-state index in [0.29, 0.717) is 36.0 Å². The van der Waals surface area contributed by atoms with Gasteiger partial charge in [0.1, 0.15) is 17.8 Å². The molecule has 0 spiro atoms. The van der Waals surface area contributed by atoms with Crippen LogP contribution < -0.4 is 54.1 Å². The summed E-state index contributed by atoms with van der Waals surface area (Å²) in [5.74, 6) is -5.75. The number of rotatable bonds is 18. The molecule has 4 heterocycles. The molecule has 342 valence electrons. The molecule has 0 saturated heterocycles. The van der Waals surface area contributed by atoms with Gasteiger partial charge in [-0.15, -0.1) is 0 Å².